The summed E-state index contributed by atoms with van der Waals surface area (Å²) in [6.45, 7) is 13.7. The molecule has 0 saturated carbocycles. The second-order valence-electron chi connectivity index (χ2n) is 9.23. The normalized spacial score (nSPS) is 17.5. The van der Waals surface area contributed by atoms with Gasteiger partial charge in [0.15, 0.2) is 0 Å². The average Bonchev–Trinajstić information content (AvgIpc) is 3.08. The summed E-state index contributed by atoms with van der Waals surface area (Å²) >= 11 is 5.93. The number of nitrogens with one attached hydrogen (secondary N) is 2. The smallest absolute Gasteiger partial charge is 0.0814 e. The highest BCUT2D eigenvalue weighted by Crippen LogP contribution is 2.33. The molecule has 0 amide bonds. The van der Waals surface area contributed by atoms with Gasteiger partial charge in [0.05, 0.1) is 11.0 Å². The van der Waals surface area contributed by atoms with Crippen molar-refractivity contribution in [3.05, 3.63) is 24.5 Å². The summed E-state index contributed by atoms with van der Waals surface area (Å²) in [5.41, 5.74) is 3.24. The zero-order valence-corrected chi connectivity index (χ0v) is 20.6. The molecular formula is C24H44N4OS. The van der Waals surface area contributed by atoms with Gasteiger partial charge in [-0.05, 0) is 30.4 Å². The van der Waals surface area contributed by atoms with Gasteiger partial charge in [0.2, 0.25) is 0 Å². The number of thiocarbonyl (C=S) groups is 1. The van der Waals surface area contributed by atoms with E-state index in [2.05, 4.69) is 42.9 Å². The van der Waals surface area contributed by atoms with E-state index in [0.29, 0.717) is 18.5 Å². The Bertz CT molecular complexity index is 574. The quantitative estimate of drug-likeness (QED) is 0.228. The minimum absolute atomic E-state index is 0.181. The zero-order chi connectivity index (χ0) is 22.4. The molecule has 1 aromatic heterocycles. The number of pyridine rings is 1. The second-order valence-corrected chi connectivity index (χ2v) is 9.65. The SMILES string of the molecule is CCCCCCCC1CCN(C(CNc2ccncc2)C(C)(C)C)C1=S.CCNO. The monoisotopic (exact) mass is 436 g/mol. The van der Waals surface area contributed by atoms with Gasteiger partial charge in [0.25, 0.3) is 0 Å². The number of hydrogen-bond acceptors (Lipinski definition) is 5. The minimum atomic E-state index is 0.181. The number of likely N-dealkylation sites (tertiary alicyclic amines) is 1. The Labute approximate surface area is 190 Å². The summed E-state index contributed by atoms with van der Waals surface area (Å²) < 4.78 is 0. The molecule has 2 unspecified atom stereocenters. The van der Waals surface area contributed by atoms with E-state index >= 15 is 0 Å². The first-order valence-corrected chi connectivity index (χ1v) is 12.1. The first kappa shape index (κ1) is 26.8. The topological polar surface area (TPSA) is 60.4 Å². The number of hydroxylamine groups is 1. The third kappa shape index (κ3) is 9.71. The molecule has 6 heteroatoms. The summed E-state index contributed by atoms with van der Waals surface area (Å²) in [5.74, 6) is 0.609. The Hall–Kier alpha value is -1.24. The third-order valence-corrected chi connectivity index (χ3v) is 6.29. The fourth-order valence-electron chi connectivity index (χ4n) is 3.90. The molecule has 172 valence electrons. The lowest BCUT2D eigenvalue weighted by Gasteiger charge is -2.40. The largest absolute Gasteiger partial charge is 0.383 e. The van der Waals surface area contributed by atoms with Crippen LogP contribution in [0, 0.1) is 11.3 Å². The Morgan fingerprint density at radius 1 is 1.17 bits per heavy atom. The molecule has 1 aliphatic heterocycles. The second kappa shape index (κ2) is 14.7. The van der Waals surface area contributed by atoms with Gasteiger partial charge in [-0.25, -0.2) is 5.48 Å². The average molecular weight is 437 g/mol. The predicted molar refractivity (Wildman–Crippen MR) is 132 cm³/mol. The predicted octanol–water partition coefficient (Wildman–Crippen LogP) is 5.90. The van der Waals surface area contributed by atoms with Crippen molar-refractivity contribution in [1.82, 2.24) is 15.4 Å². The number of unbranched alkanes of at least 4 members (excludes halogenated alkanes) is 4. The van der Waals surface area contributed by atoms with E-state index in [1.165, 1.54) is 49.9 Å². The van der Waals surface area contributed by atoms with Crippen LogP contribution in [0.4, 0.5) is 5.69 Å². The highest BCUT2D eigenvalue weighted by molar-refractivity contribution is 7.80. The van der Waals surface area contributed by atoms with Gasteiger partial charge in [-0.15, -0.1) is 0 Å². The molecule has 2 rings (SSSR count). The molecule has 1 aromatic rings. The van der Waals surface area contributed by atoms with Crippen LogP contribution in [0.2, 0.25) is 0 Å². The standard InChI is InChI=1S/C22H37N3S.C2H7NO/c1-5-6-7-8-9-10-18-13-16-25(21(18)26)20(22(2,3)4)17-24-19-11-14-23-15-12-19;1-2-3-4/h11-12,14-15,18,20H,5-10,13,16-17H2,1-4H3,(H,23,24);3-4H,2H2,1H3. The van der Waals surface area contributed by atoms with Crippen LogP contribution in [0.3, 0.4) is 0 Å². The van der Waals surface area contributed by atoms with E-state index < -0.39 is 0 Å². The maximum absolute atomic E-state index is 7.62. The van der Waals surface area contributed by atoms with Crippen LogP contribution in [0.1, 0.15) is 79.6 Å². The lowest BCUT2D eigenvalue weighted by molar-refractivity contribution is 0.173. The molecule has 0 spiro atoms. The molecule has 1 saturated heterocycles. The Morgan fingerprint density at radius 3 is 2.37 bits per heavy atom. The molecular weight excluding hydrogens is 392 g/mol. The van der Waals surface area contributed by atoms with E-state index in [1.807, 2.05) is 36.9 Å². The Balaban J connectivity index is 0.00000103. The maximum atomic E-state index is 7.62. The maximum Gasteiger partial charge on any atom is 0.0814 e. The molecule has 0 bridgehead atoms. The van der Waals surface area contributed by atoms with Gasteiger partial charge < -0.3 is 15.4 Å². The number of rotatable bonds is 11. The van der Waals surface area contributed by atoms with Crippen molar-refractivity contribution >= 4 is 22.9 Å². The highest BCUT2D eigenvalue weighted by atomic mass is 32.1. The number of nitrogens with zero attached hydrogens (tertiary/aromatic N) is 2. The molecule has 5 nitrogen and oxygen atoms in total. The van der Waals surface area contributed by atoms with Crippen LogP contribution in [0.15, 0.2) is 24.5 Å². The van der Waals surface area contributed by atoms with Crippen molar-refractivity contribution in [3.8, 4) is 0 Å². The fraction of sp³-hybridized carbons (Fsp3) is 0.750. The molecule has 3 N–H and O–H groups in total. The van der Waals surface area contributed by atoms with Crippen molar-refractivity contribution in [1.29, 1.82) is 0 Å². The summed E-state index contributed by atoms with van der Waals surface area (Å²) in [4.78, 5) is 7.82. The summed E-state index contributed by atoms with van der Waals surface area (Å²) in [6.07, 6.45) is 12.9. The summed E-state index contributed by atoms with van der Waals surface area (Å²) in [5, 5.41) is 11.2. The molecule has 2 heterocycles. The van der Waals surface area contributed by atoms with E-state index in [1.54, 1.807) is 0 Å². The van der Waals surface area contributed by atoms with Crippen molar-refractivity contribution in [2.75, 3.05) is 25.0 Å². The van der Waals surface area contributed by atoms with Gasteiger partial charge in [-0.2, -0.15) is 0 Å². The third-order valence-electron chi connectivity index (χ3n) is 5.72. The molecule has 2 atom stereocenters. The zero-order valence-electron chi connectivity index (χ0n) is 19.8. The summed E-state index contributed by atoms with van der Waals surface area (Å²) in [7, 11) is 0. The van der Waals surface area contributed by atoms with Crippen LogP contribution in [-0.2, 0) is 0 Å². The van der Waals surface area contributed by atoms with Crippen molar-refractivity contribution in [3.63, 3.8) is 0 Å². The molecule has 1 fully saturated rings. The minimum Gasteiger partial charge on any atom is -0.383 e. The van der Waals surface area contributed by atoms with Crippen LogP contribution in [-0.4, -0.2) is 45.8 Å². The molecule has 0 aromatic carbocycles. The van der Waals surface area contributed by atoms with Crippen molar-refractivity contribution in [2.24, 2.45) is 11.3 Å². The van der Waals surface area contributed by atoms with E-state index in [0.717, 1.165) is 18.8 Å². The molecule has 0 aliphatic carbocycles. The molecule has 0 radical (unpaired) electrons. The van der Waals surface area contributed by atoms with Gasteiger partial charge in [-0.3, -0.25) is 4.98 Å². The molecule has 30 heavy (non-hydrogen) atoms. The van der Waals surface area contributed by atoms with E-state index in [9.17, 15) is 0 Å². The van der Waals surface area contributed by atoms with E-state index in [4.69, 9.17) is 17.4 Å². The van der Waals surface area contributed by atoms with Gasteiger partial charge in [-0.1, -0.05) is 78.9 Å². The van der Waals surface area contributed by atoms with Crippen LogP contribution in [0.5, 0.6) is 0 Å². The van der Waals surface area contributed by atoms with Gasteiger partial charge in [0, 0.05) is 43.6 Å². The lowest BCUT2D eigenvalue weighted by Crippen LogP contribution is -2.49. The first-order valence-electron chi connectivity index (χ1n) is 11.7. The number of anilines is 1. The molecule has 1 aliphatic rings. The van der Waals surface area contributed by atoms with Gasteiger partial charge in [0.1, 0.15) is 0 Å². The Morgan fingerprint density at radius 2 is 1.80 bits per heavy atom. The van der Waals surface area contributed by atoms with Gasteiger partial charge >= 0.3 is 0 Å². The van der Waals surface area contributed by atoms with Crippen LogP contribution in [0.25, 0.3) is 0 Å². The van der Waals surface area contributed by atoms with Crippen molar-refractivity contribution in [2.45, 2.75) is 85.6 Å². The van der Waals surface area contributed by atoms with Crippen LogP contribution >= 0.6 is 12.2 Å². The number of hydrogen-bond donors (Lipinski definition) is 3. The van der Waals surface area contributed by atoms with Crippen molar-refractivity contribution < 1.29 is 5.21 Å². The highest BCUT2D eigenvalue weighted by Gasteiger charge is 2.37. The van der Waals surface area contributed by atoms with Crippen LogP contribution < -0.4 is 10.8 Å². The fourth-order valence-corrected chi connectivity index (χ4v) is 4.36. The first-order chi connectivity index (χ1) is 14.3. The van der Waals surface area contributed by atoms with E-state index in [-0.39, 0.29) is 5.41 Å². The Kier molecular flexibility index (Phi) is 13.1. The summed E-state index contributed by atoms with van der Waals surface area (Å²) in [6, 6.07) is 4.47. The number of aromatic nitrogens is 1. The lowest BCUT2D eigenvalue weighted by atomic mass is 9.85.